The Balaban J connectivity index is 2.64. The van der Waals surface area contributed by atoms with Crippen molar-refractivity contribution in [3.05, 3.63) is 11.8 Å². The van der Waals surface area contributed by atoms with Gasteiger partial charge < -0.3 is 4.74 Å². The second-order valence-electron chi connectivity index (χ2n) is 5.03. The van der Waals surface area contributed by atoms with Gasteiger partial charge in [0, 0.05) is 23.8 Å². The third-order valence-corrected chi connectivity index (χ3v) is 3.57. The van der Waals surface area contributed by atoms with Crippen LogP contribution >= 0.6 is 0 Å². The van der Waals surface area contributed by atoms with Crippen LogP contribution in [-0.2, 0) is 20.2 Å². The molecule has 0 saturated heterocycles. The lowest BCUT2D eigenvalue weighted by Gasteiger charge is -2.14. The van der Waals surface area contributed by atoms with Crippen LogP contribution in [0.25, 0.3) is 0 Å². The molecule has 1 rings (SSSR count). The van der Waals surface area contributed by atoms with Crippen molar-refractivity contribution < 1.29 is 13.2 Å². The minimum absolute atomic E-state index is 0.0709. The zero-order chi connectivity index (χ0) is 13.8. The zero-order valence-corrected chi connectivity index (χ0v) is 12.1. The van der Waals surface area contributed by atoms with E-state index in [1.54, 1.807) is 6.07 Å². The molecule has 0 saturated carbocycles. The lowest BCUT2D eigenvalue weighted by molar-refractivity contribution is 0.163. The monoisotopic (exact) mass is 275 g/mol. The van der Waals surface area contributed by atoms with Crippen LogP contribution in [0.5, 0.6) is 0 Å². The van der Waals surface area contributed by atoms with Crippen LogP contribution in [0.4, 0.5) is 5.82 Å². The van der Waals surface area contributed by atoms with Gasteiger partial charge in [0.2, 0.25) is 10.0 Å². The first-order valence-corrected chi connectivity index (χ1v) is 7.54. The number of aromatic amines is 1. The van der Waals surface area contributed by atoms with Crippen LogP contribution in [0.2, 0.25) is 0 Å². The summed E-state index contributed by atoms with van der Waals surface area (Å²) in [5.74, 6) is 0.245. The summed E-state index contributed by atoms with van der Waals surface area (Å²) >= 11 is 0. The molecule has 1 aromatic heterocycles. The molecule has 0 unspecified atom stereocenters. The van der Waals surface area contributed by atoms with E-state index in [0.717, 1.165) is 5.69 Å². The molecule has 0 spiro atoms. The van der Waals surface area contributed by atoms with E-state index in [2.05, 4.69) is 14.9 Å². The van der Waals surface area contributed by atoms with E-state index >= 15 is 0 Å². The number of sulfonamides is 1. The molecule has 7 heteroatoms. The predicted octanol–water partition coefficient (Wildman–Crippen LogP) is 1.49. The molecule has 1 heterocycles. The maximum atomic E-state index is 11.7. The summed E-state index contributed by atoms with van der Waals surface area (Å²) in [5, 5.41) is 6.77. The Labute approximate surface area is 108 Å². The van der Waals surface area contributed by atoms with Crippen molar-refractivity contribution in [2.45, 2.75) is 33.1 Å². The van der Waals surface area contributed by atoms with Gasteiger partial charge in [0.25, 0.3) is 0 Å². The number of nitrogens with zero attached hydrogens (tertiary/aromatic N) is 1. The molecule has 0 aromatic carbocycles. The summed E-state index contributed by atoms with van der Waals surface area (Å²) in [4.78, 5) is 0. The molecule has 0 amide bonds. The van der Waals surface area contributed by atoms with E-state index < -0.39 is 10.0 Å². The highest BCUT2D eigenvalue weighted by Gasteiger charge is 2.18. The lowest BCUT2D eigenvalue weighted by Crippen LogP contribution is -2.20. The van der Waals surface area contributed by atoms with Crippen molar-refractivity contribution in [1.29, 1.82) is 0 Å². The Morgan fingerprint density at radius 3 is 2.61 bits per heavy atom. The van der Waals surface area contributed by atoms with Crippen molar-refractivity contribution >= 4 is 15.8 Å². The van der Waals surface area contributed by atoms with Gasteiger partial charge in [0.05, 0.1) is 12.4 Å². The number of anilines is 1. The smallest absolute Gasteiger partial charge is 0.236 e. The Hall–Kier alpha value is -1.08. The summed E-state index contributed by atoms with van der Waals surface area (Å²) in [7, 11) is -3.40. The van der Waals surface area contributed by atoms with Gasteiger partial charge in [-0.15, -0.1) is 0 Å². The van der Waals surface area contributed by atoms with Crippen molar-refractivity contribution in [3.8, 4) is 0 Å². The second kappa shape index (κ2) is 5.71. The molecule has 104 valence electrons. The lowest BCUT2D eigenvalue weighted by atomic mass is 9.92. The molecule has 0 bridgehead atoms. The van der Waals surface area contributed by atoms with Crippen LogP contribution in [0.15, 0.2) is 6.07 Å². The number of rotatable bonds is 6. The molecular weight excluding hydrogens is 254 g/mol. The van der Waals surface area contributed by atoms with Gasteiger partial charge in [-0.05, 0) is 6.92 Å². The molecule has 0 atom stereocenters. The maximum absolute atomic E-state index is 11.7. The fourth-order valence-corrected chi connectivity index (χ4v) is 2.14. The largest absolute Gasteiger partial charge is 0.381 e. The Morgan fingerprint density at radius 1 is 1.44 bits per heavy atom. The summed E-state index contributed by atoms with van der Waals surface area (Å²) in [6, 6.07) is 1.71. The number of aromatic nitrogens is 2. The van der Waals surface area contributed by atoms with Gasteiger partial charge in [-0.2, -0.15) is 5.10 Å². The average molecular weight is 275 g/mol. The SMILES string of the molecule is CCOCCS(=O)(=O)Nc1cc(C(C)(C)C)[nH]n1. The highest BCUT2D eigenvalue weighted by molar-refractivity contribution is 7.92. The van der Waals surface area contributed by atoms with Gasteiger partial charge in [0.1, 0.15) is 0 Å². The number of H-pyrrole nitrogens is 1. The first-order valence-electron chi connectivity index (χ1n) is 5.89. The molecule has 18 heavy (non-hydrogen) atoms. The predicted molar refractivity (Wildman–Crippen MR) is 71.2 cm³/mol. The minimum Gasteiger partial charge on any atom is -0.381 e. The van der Waals surface area contributed by atoms with Crippen LogP contribution in [0.1, 0.15) is 33.4 Å². The maximum Gasteiger partial charge on any atom is 0.236 e. The third-order valence-electron chi connectivity index (χ3n) is 2.35. The Kier molecular flexibility index (Phi) is 4.75. The van der Waals surface area contributed by atoms with Gasteiger partial charge in [-0.1, -0.05) is 20.8 Å². The highest BCUT2D eigenvalue weighted by atomic mass is 32.2. The fraction of sp³-hybridized carbons (Fsp3) is 0.727. The van der Waals surface area contributed by atoms with E-state index in [1.165, 1.54) is 0 Å². The molecular formula is C11H21N3O3S. The quantitative estimate of drug-likeness (QED) is 0.770. The van der Waals surface area contributed by atoms with E-state index in [0.29, 0.717) is 12.4 Å². The van der Waals surface area contributed by atoms with Crippen molar-refractivity contribution in [3.63, 3.8) is 0 Å². The number of nitrogens with one attached hydrogen (secondary N) is 2. The van der Waals surface area contributed by atoms with Gasteiger partial charge in [0.15, 0.2) is 5.82 Å². The van der Waals surface area contributed by atoms with E-state index in [9.17, 15) is 8.42 Å². The summed E-state index contributed by atoms with van der Waals surface area (Å²) in [5.41, 5.74) is 0.784. The molecule has 2 N–H and O–H groups in total. The van der Waals surface area contributed by atoms with E-state index in [4.69, 9.17) is 4.74 Å². The van der Waals surface area contributed by atoms with Crippen molar-refractivity contribution in [1.82, 2.24) is 10.2 Å². The molecule has 0 aliphatic heterocycles. The standard InChI is InChI=1S/C11H21N3O3S/c1-5-17-6-7-18(15,16)14-10-8-9(12-13-10)11(2,3)4/h8H,5-7H2,1-4H3,(H2,12,13,14). The first-order chi connectivity index (χ1) is 8.24. The average Bonchev–Trinajstić information content (AvgIpc) is 2.65. The van der Waals surface area contributed by atoms with E-state index in [-0.39, 0.29) is 17.8 Å². The first kappa shape index (κ1) is 15.0. The van der Waals surface area contributed by atoms with Gasteiger partial charge in [-0.25, -0.2) is 8.42 Å². The Bertz CT molecular complexity index is 474. The summed E-state index contributed by atoms with van der Waals surface area (Å²) in [6.45, 7) is 8.58. The van der Waals surface area contributed by atoms with Crippen LogP contribution in [0.3, 0.4) is 0 Å². The summed E-state index contributed by atoms with van der Waals surface area (Å²) in [6.07, 6.45) is 0. The molecule has 0 aliphatic carbocycles. The second-order valence-corrected chi connectivity index (χ2v) is 6.88. The third kappa shape index (κ3) is 4.66. The number of hydrogen-bond donors (Lipinski definition) is 2. The molecule has 0 aliphatic rings. The highest BCUT2D eigenvalue weighted by Crippen LogP contribution is 2.22. The zero-order valence-electron chi connectivity index (χ0n) is 11.3. The number of ether oxygens (including phenoxy) is 1. The summed E-state index contributed by atoms with van der Waals surface area (Å²) < 4.78 is 30.8. The number of hydrogen-bond acceptors (Lipinski definition) is 4. The molecule has 6 nitrogen and oxygen atoms in total. The van der Waals surface area contributed by atoms with Crippen LogP contribution < -0.4 is 4.72 Å². The normalized spacial score (nSPS) is 12.7. The van der Waals surface area contributed by atoms with Crippen LogP contribution in [0, 0.1) is 0 Å². The molecule has 0 fully saturated rings. The fourth-order valence-electron chi connectivity index (χ4n) is 1.28. The van der Waals surface area contributed by atoms with Crippen LogP contribution in [-0.4, -0.2) is 37.6 Å². The Morgan fingerprint density at radius 2 is 2.11 bits per heavy atom. The molecule has 0 radical (unpaired) electrons. The minimum atomic E-state index is -3.40. The van der Waals surface area contributed by atoms with E-state index in [1.807, 2.05) is 27.7 Å². The molecule has 1 aromatic rings. The topological polar surface area (TPSA) is 84.1 Å². The van der Waals surface area contributed by atoms with Gasteiger partial charge in [-0.3, -0.25) is 9.82 Å². The van der Waals surface area contributed by atoms with Gasteiger partial charge >= 0.3 is 0 Å². The van der Waals surface area contributed by atoms with Crippen molar-refractivity contribution in [2.75, 3.05) is 23.7 Å². The van der Waals surface area contributed by atoms with Crippen molar-refractivity contribution in [2.24, 2.45) is 0 Å².